The highest BCUT2D eigenvalue weighted by atomic mass is 32.1. The van der Waals surface area contributed by atoms with E-state index in [0.29, 0.717) is 12.5 Å². The fourth-order valence-corrected chi connectivity index (χ4v) is 3.60. The number of carbonyl (C=O) groups excluding carboxylic acids is 2. The van der Waals surface area contributed by atoms with Gasteiger partial charge >= 0.3 is 6.03 Å². The van der Waals surface area contributed by atoms with E-state index in [2.05, 4.69) is 43.3 Å². The van der Waals surface area contributed by atoms with E-state index in [9.17, 15) is 9.59 Å². The number of hydrogen-bond acceptors (Lipinski definition) is 4. The zero-order valence-corrected chi connectivity index (χ0v) is 18.7. The summed E-state index contributed by atoms with van der Waals surface area (Å²) in [5.74, 6) is 0.280. The van der Waals surface area contributed by atoms with Crippen molar-refractivity contribution in [3.63, 3.8) is 0 Å². The van der Waals surface area contributed by atoms with Crippen molar-refractivity contribution >= 4 is 23.3 Å². The second-order valence-corrected chi connectivity index (χ2v) is 8.65. The number of nitrogens with one attached hydrogen (secondary N) is 2. The van der Waals surface area contributed by atoms with Crippen LogP contribution in [0.15, 0.2) is 5.38 Å². The molecule has 27 heavy (non-hydrogen) atoms. The summed E-state index contributed by atoms with van der Waals surface area (Å²) in [6.45, 7) is 12.7. The summed E-state index contributed by atoms with van der Waals surface area (Å²) in [4.78, 5) is 31.4. The van der Waals surface area contributed by atoms with Crippen molar-refractivity contribution in [1.82, 2.24) is 20.5 Å². The van der Waals surface area contributed by atoms with Crippen molar-refractivity contribution in [3.05, 3.63) is 16.1 Å². The van der Waals surface area contributed by atoms with Gasteiger partial charge in [-0.05, 0) is 18.8 Å². The van der Waals surface area contributed by atoms with Crippen molar-refractivity contribution in [2.75, 3.05) is 7.05 Å². The highest BCUT2D eigenvalue weighted by Crippen LogP contribution is 2.19. The number of rotatable bonds is 10. The zero-order chi connectivity index (χ0) is 20.6. The van der Waals surface area contributed by atoms with E-state index in [0.717, 1.165) is 30.0 Å². The standard InChI is InChI=1S/C20H36N4O2S/c1-8-10-15(9-2)21-18(25)17(13(3)4)23-20(26)24(7)11-16-12-27-19(22-16)14(5)6/h12-15,17H,8-11H2,1-7H3,(H,21,25)(H,23,26). The SMILES string of the molecule is CCCC(CC)NC(=O)C(NC(=O)N(C)Cc1csc(C(C)C)n1)C(C)C. The molecule has 2 atom stereocenters. The minimum Gasteiger partial charge on any atom is -0.352 e. The van der Waals surface area contributed by atoms with E-state index < -0.39 is 6.04 Å². The molecule has 0 bridgehead atoms. The third-order valence-electron chi connectivity index (χ3n) is 4.51. The Hall–Kier alpha value is -1.63. The summed E-state index contributed by atoms with van der Waals surface area (Å²) < 4.78 is 0. The second-order valence-electron chi connectivity index (χ2n) is 7.76. The Kier molecular flexibility index (Phi) is 9.77. The first kappa shape index (κ1) is 23.4. The lowest BCUT2D eigenvalue weighted by molar-refractivity contribution is -0.124. The number of amides is 3. The molecule has 154 valence electrons. The van der Waals surface area contributed by atoms with Gasteiger partial charge < -0.3 is 15.5 Å². The molecule has 1 aromatic rings. The largest absolute Gasteiger partial charge is 0.352 e. The van der Waals surface area contributed by atoms with Gasteiger partial charge in [0.05, 0.1) is 17.2 Å². The lowest BCUT2D eigenvalue weighted by atomic mass is 10.0. The fraction of sp³-hybridized carbons (Fsp3) is 0.750. The predicted molar refractivity (Wildman–Crippen MR) is 112 cm³/mol. The quantitative estimate of drug-likeness (QED) is 0.624. The van der Waals surface area contributed by atoms with Crippen LogP contribution < -0.4 is 10.6 Å². The maximum absolute atomic E-state index is 12.7. The summed E-state index contributed by atoms with van der Waals surface area (Å²) >= 11 is 1.62. The molecule has 0 aliphatic heterocycles. The second kappa shape index (κ2) is 11.3. The molecule has 2 N–H and O–H groups in total. The minimum atomic E-state index is -0.549. The summed E-state index contributed by atoms with van der Waals surface area (Å²) in [5, 5.41) is 9.02. The van der Waals surface area contributed by atoms with Gasteiger partial charge in [-0.1, -0.05) is 48.0 Å². The number of nitrogens with zero attached hydrogens (tertiary/aromatic N) is 2. The molecular weight excluding hydrogens is 360 g/mol. The van der Waals surface area contributed by atoms with E-state index in [1.165, 1.54) is 0 Å². The molecule has 3 amide bonds. The molecule has 2 unspecified atom stereocenters. The molecule has 0 aromatic carbocycles. The van der Waals surface area contributed by atoms with Crippen LogP contribution in [-0.2, 0) is 11.3 Å². The van der Waals surface area contributed by atoms with Gasteiger partial charge in [0.15, 0.2) is 0 Å². The first-order chi connectivity index (χ1) is 12.7. The number of hydrogen-bond donors (Lipinski definition) is 2. The molecule has 0 spiro atoms. The molecule has 0 aliphatic carbocycles. The van der Waals surface area contributed by atoms with Crippen LogP contribution in [0.1, 0.15) is 77.4 Å². The van der Waals surface area contributed by atoms with Crippen LogP contribution in [-0.4, -0.2) is 41.0 Å². The van der Waals surface area contributed by atoms with Crippen LogP contribution in [0.2, 0.25) is 0 Å². The molecule has 1 rings (SSSR count). The maximum Gasteiger partial charge on any atom is 0.318 e. The van der Waals surface area contributed by atoms with E-state index >= 15 is 0 Å². The molecule has 7 heteroatoms. The lowest BCUT2D eigenvalue weighted by Gasteiger charge is -2.27. The molecule has 0 fully saturated rings. The Morgan fingerprint density at radius 2 is 1.85 bits per heavy atom. The van der Waals surface area contributed by atoms with Crippen molar-refractivity contribution in [2.45, 2.75) is 85.4 Å². The molecule has 1 aromatic heterocycles. The van der Waals surface area contributed by atoms with Gasteiger partial charge in [0.2, 0.25) is 5.91 Å². The topological polar surface area (TPSA) is 74.3 Å². The van der Waals surface area contributed by atoms with E-state index in [1.54, 1.807) is 23.3 Å². The van der Waals surface area contributed by atoms with Gasteiger partial charge in [0.25, 0.3) is 0 Å². The average Bonchev–Trinajstić information content (AvgIpc) is 3.07. The summed E-state index contributed by atoms with van der Waals surface area (Å²) in [5.41, 5.74) is 0.876. The Morgan fingerprint density at radius 3 is 2.33 bits per heavy atom. The van der Waals surface area contributed by atoms with E-state index in [1.807, 2.05) is 19.2 Å². The summed E-state index contributed by atoms with van der Waals surface area (Å²) in [7, 11) is 1.73. The number of aromatic nitrogens is 1. The average molecular weight is 397 g/mol. The van der Waals surface area contributed by atoms with Crippen LogP contribution in [0.3, 0.4) is 0 Å². The lowest BCUT2D eigenvalue weighted by Crippen LogP contribution is -2.54. The fourth-order valence-electron chi connectivity index (χ4n) is 2.77. The first-order valence-corrected chi connectivity index (χ1v) is 10.8. The van der Waals surface area contributed by atoms with Crippen LogP contribution in [0.4, 0.5) is 4.79 Å². The van der Waals surface area contributed by atoms with E-state index in [-0.39, 0.29) is 23.9 Å². The maximum atomic E-state index is 12.7. The van der Waals surface area contributed by atoms with Crippen LogP contribution in [0, 0.1) is 5.92 Å². The van der Waals surface area contributed by atoms with Crippen LogP contribution >= 0.6 is 11.3 Å². The van der Waals surface area contributed by atoms with Gasteiger partial charge in [0, 0.05) is 24.4 Å². The highest BCUT2D eigenvalue weighted by Gasteiger charge is 2.27. The normalized spacial score (nSPS) is 13.5. The molecule has 0 saturated carbocycles. The predicted octanol–water partition coefficient (Wildman–Crippen LogP) is 4.13. The Balaban J connectivity index is 2.68. The third-order valence-corrected chi connectivity index (χ3v) is 5.71. The molecule has 1 heterocycles. The van der Waals surface area contributed by atoms with Crippen LogP contribution in [0.25, 0.3) is 0 Å². The Labute approximate surface area is 168 Å². The minimum absolute atomic E-state index is 0.00768. The zero-order valence-electron chi connectivity index (χ0n) is 17.8. The third kappa shape index (κ3) is 7.48. The number of carbonyl (C=O) groups is 2. The monoisotopic (exact) mass is 396 g/mol. The molecule has 0 aliphatic rings. The van der Waals surface area contributed by atoms with Gasteiger partial charge in [-0.2, -0.15) is 0 Å². The highest BCUT2D eigenvalue weighted by molar-refractivity contribution is 7.09. The van der Waals surface area contributed by atoms with Gasteiger partial charge in [-0.25, -0.2) is 9.78 Å². The van der Waals surface area contributed by atoms with Gasteiger partial charge in [0.1, 0.15) is 6.04 Å². The Bertz CT molecular complexity index is 601. The van der Waals surface area contributed by atoms with Crippen LogP contribution in [0.5, 0.6) is 0 Å². The van der Waals surface area contributed by atoms with Crippen molar-refractivity contribution in [3.8, 4) is 0 Å². The van der Waals surface area contributed by atoms with Gasteiger partial charge in [-0.15, -0.1) is 11.3 Å². The number of urea groups is 1. The van der Waals surface area contributed by atoms with Crippen molar-refractivity contribution in [2.24, 2.45) is 5.92 Å². The molecule has 0 radical (unpaired) electrons. The molecule has 0 saturated heterocycles. The smallest absolute Gasteiger partial charge is 0.318 e. The van der Waals surface area contributed by atoms with Crippen molar-refractivity contribution < 1.29 is 9.59 Å². The summed E-state index contributed by atoms with van der Waals surface area (Å²) in [6, 6.07) is -0.651. The van der Waals surface area contributed by atoms with E-state index in [4.69, 9.17) is 0 Å². The summed E-state index contributed by atoms with van der Waals surface area (Å²) in [6.07, 6.45) is 2.86. The first-order valence-electron chi connectivity index (χ1n) is 9.95. The molecular formula is C20H36N4O2S. The number of thiazole rings is 1. The van der Waals surface area contributed by atoms with Gasteiger partial charge in [-0.3, -0.25) is 4.79 Å². The van der Waals surface area contributed by atoms with Crippen molar-refractivity contribution in [1.29, 1.82) is 0 Å². The molecule has 6 nitrogen and oxygen atoms in total. The Morgan fingerprint density at radius 1 is 1.19 bits per heavy atom.